The smallest absolute Gasteiger partial charge is 0.295 e. The van der Waals surface area contributed by atoms with Crippen LogP contribution in [0.15, 0.2) is 65.6 Å². The number of hydrogen-bond donors (Lipinski definition) is 1. The van der Waals surface area contributed by atoms with E-state index < -0.39 is 17.7 Å². The molecule has 1 aliphatic rings. The Kier molecular flexibility index (Phi) is 7.26. The van der Waals surface area contributed by atoms with Crippen molar-refractivity contribution in [2.75, 3.05) is 13.7 Å². The average molecular weight is 492 g/mol. The monoisotopic (exact) mass is 491 g/mol. The van der Waals surface area contributed by atoms with Crippen molar-refractivity contribution in [1.29, 1.82) is 0 Å². The van der Waals surface area contributed by atoms with Crippen LogP contribution in [0.5, 0.6) is 11.5 Å². The molecule has 1 unspecified atom stereocenters. The number of ketones is 1. The molecular formula is C28H29NO5S. The number of thiophene rings is 1. The number of aliphatic hydroxyl groups is 1. The van der Waals surface area contributed by atoms with E-state index in [2.05, 4.69) is 13.8 Å². The normalized spacial score (nSPS) is 17.3. The number of rotatable bonds is 8. The molecule has 1 fully saturated rings. The van der Waals surface area contributed by atoms with Gasteiger partial charge >= 0.3 is 0 Å². The van der Waals surface area contributed by atoms with Gasteiger partial charge in [0, 0.05) is 10.4 Å². The summed E-state index contributed by atoms with van der Waals surface area (Å²) in [7, 11) is 1.56. The van der Waals surface area contributed by atoms with Gasteiger partial charge in [-0.1, -0.05) is 32.0 Å². The summed E-state index contributed by atoms with van der Waals surface area (Å²) in [5.41, 5.74) is 2.05. The van der Waals surface area contributed by atoms with E-state index in [-0.39, 0.29) is 17.9 Å². The minimum Gasteiger partial charge on any atom is -0.507 e. The predicted octanol–water partition coefficient (Wildman–Crippen LogP) is 5.72. The van der Waals surface area contributed by atoms with Gasteiger partial charge in [0.1, 0.15) is 17.3 Å². The van der Waals surface area contributed by atoms with E-state index in [1.165, 1.54) is 16.2 Å². The van der Waals surface area contributed by atoms with Crippen molar-refractivity contribution in [3.05, 3.63) is 87.1 Å². The van der Waals surface area contributed by atoms with Crippen LogP contribution >= 0.6 is 11.3 Å². The summed E-state index contributed by atoms with van der Waals surface area (Å²) in [4.78, 5) is 28.9. The minimum atomic E-state index is -0.746. The summed E-state index contributed by atoms with van der Waals surface area (Å²) < 4.78 is 11.2. The highest BCUT2D eigenvalue weighted by atomic mass is 32.1. The molecule has 1 amide bonds. The summed E-state index contributed by atoms with van der Waals surface area (Å²) in [5.74, 6) is 0.156. The van der Waals surface area contributed by atoms with E-state index in [1.54, 1.807) is 37.4 Å². The van der Waals surface area contributed by atoms with Crippen molar-refractivity contribution in [1.82, 2.24) is 4.90 Å². The lowest BCUT2D eigenvalue weighted by atomic mass is 9.94. The van der Waals surface area contributed by atoms with Gasteiger partial charge in [0.2, 0.25) is 0 Å². The number of Topliss-reactive ketones (excluding diaryl/α,β-unsaturated/α-hetero) is 1. The van der Waals surface area contributed by atoms with Crippen LogP contribution in [0, 0.1) is 12.8 Å². The zero-order valence-electron chi connectivity index (χ0n) is 20.3. The topological polar surface area (TPSA) is 76.1 Å². The van der Waals surface area contributed by atoms with Crippen LogP contribution in [-0.2, 0) is 16.1 Å². The highest BCUT2D eigenvalue weighted by Crippen LogP contribution is 2.41. The van der Waals surface area contributed by atoms with Crippen LogP contribution in [0.3, 0.4) is 0 Å². The summed E-state index contributed by atoms with van der Waals surface area (Å²) in [6.07, 6.45) is 0. The van der Waals surface area contributed by atoms with E-state index in [1.807, 2.05) is 36.6 Å². The van der Waals surface area contributed by atoms with Crippen molar-refractivity contribution in [3.8, 4) is 11.5 Å². The van der Waals surface area contributed by atoms with Crippen LogP contribution in [0.25, 0.3) is 5.76 Å². The summed E-state index contributed by atoms with van der Waals surface area (Å²) >= 11 is 1.51. The van der Waals surface area contributed by atoms with Crippen molar-refractivity contribution in [2.45, 2.75) is 33.4 Å². The highest BCUT2D eigenvalue weighted by Gasteiger charge is 2.46. The van der Waals surface area contributed by atoms with E-state index in [0.717, 1.165) is 16.2 Å². The minimum absolute atomic E-state index is 0.0649. The van der Waals surface area contributed by atoms with Crippen LogP contribution in [-0.4, -0.2) is 35.4 Å². The van der Waals surface area contributed by atoms with E-state index >= 15 is 0 Å². The third-order valence-corrected chi connectivity index (χ3v) is 6.74. The Balaban J connectivity index is 1.80. The molecule has 182 valence electrons. The van der Waals surface area contributed by atoms with Gasteiger partial charge in [0.05, 0.1) is 31.9 Å². The quantitative estimate of drug-likeness (QED) is 0.248. The standard InChI is InChI=1S/C28H29NO5S/c1-17(2)16-34-23-11-10-20(13-18(23)3)26(30)24-25(19-7-5-8-21(14-19)33-4)29(28(32)27(24)31)15-22-9-6-12-35-22/h5-14,17,25,30H,15-16H2,1-4H3/b26-24-. The van der Waals surface area contributed by atoms with E-state index in [4.69, 9.17) is 9.47 Å². The van der Waals surface area contributed by atoms with Crippen molar-refractivity contribution >= 4 is 28.8 Å². The Morgan fingerprint density at radius 3 is 2.57 bits per heavy atom. The maximum Gasteiger partial charge on any atom is 0.295 e. The van der Waals surface area contributed by atoms with Crippen molar-refractivity contribution < 1.29 is 24.2 Å². The number of amides is 1. The molecule has 1 aliphatic heterocycles. The van der Waals surface area contributed by atoms with Crippen LogP contribution in [0.4, 0.5) is 0 Å². The van der Waals surface area contributed by atoms with Crippen molar-refractivity contribution in [2.24, 2.45) is 5.92 Å². The second kappa shape index (κ2) is 10.4. The Bertz CT molecular complexity index is 1260. The van der Waals surface area contributed by atoms with Gasteiger partial charge in [-0.3, -0.25) is 9.59 Å². The number of carbonyl (C=O) groups excluding carboxylic acids is 2. The molecule has 3 aromatic rings. The number of ether oxygens (including phenoxy) is 2. The van der Waals surface area contributed by atoms with E-state index in [0.29, 0.717) is 29.4 Å². The molecule has 1 atom stereocenters. The van der Waals surface area contributed by atoms with Crippen molar-refractivity contribution in [3.63, 3.8) is 0 Å². The molecule has 1 N–H and O–H groups in total. The number of hydrogen-bond acceptors (Lipinski definition) is 6. The summed E-state index contributed by atoms with van der Waals surface area (Å²) in [6.45, 7) is 6.88. The first-order chi connectivity index (χ1) is 16.8. The third-order valence-electron chi connectivity index (χ3n) is 5.88. The number of aliphatic hydroxyl groups excluding tert-OH is 1. The summed E-state index contributed by atoms with van der Waals surface area (Å²) in [5, 5.41) is 13.3. The molecular weight excluding hydrogens is 462 g/mol. The number of carbonyl (C=O) groups is 2. The first-order valence-corrected chi connectivity index (χ1v) is 12.4. The highest BCUT2D eigenvalue weighted by molar-refractivity contribution is 7.09. The molecule has 0 radical (unpaired) electrons. The zero-order valence-corrected chi connectivity index (χ0v) is 21.1. The maximum absolute atomic E-state index is 13.3. The second-order valence-electron chi connectivity index (χ2n) is 8.97. The van der Waals surface area contributed by atoms with Gasteiger partial charge in [-0.05, 0) is 65.7 Å². The third kappa shape index (κ3) is 5.10. The number of aryl methyl sites for hydroxylation is 1. The Hall–Kier alpha value is -3.58. The number of nitrogens with zero attached hydrogens (tertiary/aromatic N) is 1. The Labute approximate surface area is 209 Å². The molecule has 4 rings (SSSR count). The zero-order chi connectivity index (χ0) is 25.1. The van der Waals surface area contributed by atoms with Gasteiger partial charge in [-0.15, -0.1) is 11.3 Å². The molecule has 7 heteroatoms. The van der Waals surface area contributed by atoms with Crippen LogP contribution < -0.4 is 9.47 Å². The van der Waals surface area contributed by atoms with Gasteiger partial charge < -0.3 is 19.5 Å². The van der Waals surface area contributed by atoms with Crippen LogP contribution in [0.1, 0.15) is 41.5 Å². The molecule has 2 aromatic carbocycles. The molecule has 1 saturated heterocycles. The molecule has 0 aliphatic carbocycles. The van der Waals surface area contributed by atoms with Gasteiger partial charge in [-0.2, -0.15) is 0 Å². The number of likely N-dealkylation sites (tertiary alicyclic amines) is 1. The second-order valence-corrected chi connectivity index (χ2v) is 10.0. The van der Waals surface area contributed by atoms with Gasteiger partial charge in [0.25, 0.3) is 11.7 Å². The molecule has 2 heterocycles. The summed E-state index contributed by atoms with van der Waals surface area (Å²) in [6, 6.07) is 15.6. The Morgan fingerprint density at radius 1 is 1.11 bits per heavy atom. The fourth-order valence-corrected chi connectivity index (χ4v) is 4.84. The molecule has 6 nitrogen and oxygen atoms in total. The average Bonchev–Trinajstić information content (AvgIpc) is 3.45. The number of benzene rings is 2. The lowest BCUT2D eigenvalue weighted by Gasteiger charge is -2.25. The molecule has 0 bridgehead atoms. The molecule has 0 spiro atoms. The maximum atomic E-state index is 13.3. The SMILES string of the molecule is COc1cccc(C2/C(=C(/O)c3ccc(OCC(C)C)c(C)c3)C(=O)C(=O)N2Cc2cccs2)c1. The predicted molar refractivity (Wildman–Crippen MR) is 137 cm³/mol. The van der Waals surface area contributed by atoms with Crippen LogP contribution in [0.2, 0.25) is 0 Å². The van der Waals surface area contributed by atoms with E-state index in [9.17, 15) is 14.7 Å². The first-order valence-electron chi connectivity index (χ1n) is 11.5. The molecule has 0 saturated carbocycles. The fraction of sp³-hybridized carbons (Fsp3) is 0.286. The van der Waals surface area contributed by atoms with Gasteiger partial charge in [-0.25, -0.2) is 0 Å². The molecule has 1 aromatic heterocycles. The lowest BCUT2D eigenvalue weighted by Crippen LogP contribution is -2.28. The Morgan fingerprint density at radius 2 is 1.91 bits per heavy atom. The largest absolute Gasteiger partial charge is 0.507 e. The number of methoxy groups -OCH3 is 1. The van der Waals surface area contributed by atoms with Gasteiger partial charge in [0.15, 0.2) is 0 Å². The molecule has 35 heavy (non-hydrogen) atoms. The fourth-order valence-electron chi connectivity index (χ4n) is 4.14. The lowest BCUT2D eigenvalue weighted by molar-refractivity contribution is -0.140. The first kappa shape index (κ1) is 24.5.